The van der Waals surface area contributed by atoms with Gasteiger partial charge in [0.2, 0.25) is 5.91 Å². The fraction of sp³-hybridized carbons (Fsp3) is 0.375. The number of carbonyl (C=O) groups excluding carboxylic acids is 1. The summed E-state index contributed by atoms with van der Waals surface area (Å²) in [5.74, 6) is -2.09. The number of fused-ring (bicyclic) bond motifs is 2. The highest BCUT2D eigenvalue weighted by molar-refractivity contribution is 5.96. The van der Waals surface area contributed by atoms with Gasteiger partial charge in [-0.3, -0.25) is 14.6 Å². The lowest BCUT2D eigenvalue weighted by Gasteiger charge is -2.26. The fourth-order valence-corrected chi connectivity index (χ4v) is 5.27. The van der Waals surface area contributed by atoms with Gasteiger partial charge in [0.15, 0.2) is 0 Å². The van der Waals surface area contributed by atoms with Gasteiger partial charge in [0.25, 0.3) is 0 Å². The molecule has 0 radical (unpaired) electrons. The van der Waals surface area contributed by atoms with Crippen molar-refractivity contribution in [2.75, 3.05) is 5.32 Å². The van der Waals surface area contributed by atoms with E-state index in [-0.39, 0.29) is 17.7 Å². The molecule has 1 aromatic heterocycles. The third-order valence-corrected chi connectivity index (χ3v) is 6.39. The molecule has 2 N–H and O–H groups in total. The number of anilines is 1. The maximum atomic E-state index is 13.1. The Labute approximate surface area is 170 Å². The molecule has 1 aromatic carbocycles. The maximum absolute atomic E-state index is 13.1. The number of carboxylic acid groups (broad SMARTS) is 1. The molecule has 2 aromatic rings. The van der Waals surface area contributed by atoms with Crippen molar-refractivity contribution in [3.8, 4) is 0 Å². The first-order valence-corrected chi connectivity index (χ1v) is 10.1. The Kier molecular flexibility index (Phi) is 5.22. The Balaban J connectivity index is 1.49. The number of carbonyl (C=O) groups is 2. The van der Waals surface area contributed by atoms with E-state index in [0.717, 1.165) is 24.8 Å². The zero-order chi connectivity index (χ0) is 20.5. The Hall–Kier alpha value is -2.95. The van der Waals surface area contributed by atoms with Gasteiger partial charge in [-0.25, -0.2) is 0 Å². The van der Waals surface area contributed by atoms with Crippen molar-refractivity contribution in [2.45, 2.75) is 33.1 Å². The second kappa shape index (κ2) is 7.82. The van der Waals surface area contributed by atoms with E-state index < -0.39 is 17.8 Å². The summed E-state index contributed by atoms with van der Waals surface area (Å²) in [5, 5.41) is 12.8. The number of pyridine rings is 1. The first-order valence-electron chi connectivity index (χ1n) is 10.1. The molecule has 2 fully saturated rings. The van der Waals surface area contributed by atoms with Crippen molar-refractivity contribution in [1.29, 1.82) is 0 Å². The van der Waals surface area contributed by atoms with Gasteiger partial charge in [0.1, 0.15) is 0 Å². The minimum absolute atomic E-state index is 0.000915. The number of nitrogens with zero attached hydrogens (tertiary/aromatic N) is 1. The number of nitrogens with one attached hydrogen (secondary N) is 1. The largest absolute Gasteiger partial charge is 0.481 e. The normalized spacial score (nSPS) is 25.1. The molecule has 2 bridgehead atoms. The number of benzene rings is 1. The molecule has 5 heteroatoms. The van der Waals surface area contributed by atoms with Gasteiger partial charge in [0.05, 0.1) is 11.8 Å². The Morgan fingerprint density at radius 2 is 1.55 bits per heavy atom. The van der Waals surface area contributed by atoms with Crippen LogP contribution in [0.25, 0.3) is 0 Å². The van der Waals surface area contributed by atoms with Gasteiger partial charge >= 0.3 is 5.97 Å². The molecule has 1 heterocycles. The molecule has 4 rings (SSSR count). The highest BCUT2D eigenvalue weighted by Gasteiger charge is 2.57. The summed E-state index contributed by atoms with van der Waals surface area (Å²) in [6, 6.07) is 11.7. The lowest BCUT2D eigenvalue weighted by molar-refractivity contribution is -0.148. The first-order chi connectivity index (χ1) is 14.0. The molecule has 2 aliphatic rings. The summed E-state index contributed by atoms with van der Waals surface area (Å²) in [5.41, 5.74) is 5.39. The van der Waals surface area contributed by atoms with Crippen LogP contribution in [0.2, 0.25) is 0 Å². The molecule has 4 unspecified atom stereocenters. The molecule has 150 valence electrons. The molecular formula is C24H26N2O3. The van der Waals surface area contributed by atoms with Crippen LogP contribution in [0.1, 0.15) is 37.8 Å². The van der Waals surface area contributed by atoms with Crippen LogP contribution in [0.4, 0.5) is 5.69 Å². The number of aromatic nitrogens is 1. The Morgan fingerprint density at radius 3 is 2.14 bits per heavy atom. The Morgan fingerprint density at radius 1 is 0.966 bits per heavy atom. The van der Waals surface area contributed by atoms with Crippen LogP contribution in [0.15, 0.2) is 59.9 Å². The minimum Gasteiger partial charge on any atom is -0.481 e. The molecule has 2 aliphatic carbocycles. The van der Waals surface area contributed by atoms with Crippen molar-refractivity contribution in [1.82, 2.24) is 4.98 Å². The molecule has 0 aliphatic heterocycles. The number of allylic oxidation sites excluding steroid dienone is 2. The summed E-state index contributed by atoms with van der Waals surface area (Å²) >= 11 is 0. The second-order valence-corrected chi connectivity index (χ2v) is 8.35. The number of hydrogen-bond donors (Lipinski definition) is 2. The summed E-state index contributed by atoms with van der Waals surface area (Å²) in [6.07, 6.45) is 6.12. The first kappa shape index (κ1) is 19.4. The third kappa shape index (κ3) is 3.69. The van der Waals surface area contributed by atoms with Gasteiger partial charge in [-0.1, -0.05) is 23.3 Å². The van der Waals surface area contributed by atoms with Crippen molar-refractivity contribution < 1.29 is 14.7 Å². The molecule has 1 amide bonds. The van der Waals surface area contributed by atoms with Gasteiger partial charge in [-0.2, -0.15) is 0 Å². The lowest BCUT2D eigenvalue weighted by atomic mass is 9.78. The number of carboxylic acids is 1. The molecule has 5 nitrogen and oxygen atoms in total. The van der Waals surface area contributed by atoms with Crippen LogP contribution >= 0.6 is 0 Å². The van der Waals surface area contributed by atoms with Gasteiger partial charge in [-0.15, -0.1) is 0 Å². The SMILES string of the molecule is CC(C)=C1C2CCC1C(C(=O)Nc1ccc(Cc3ccncc3)cc1)C2C(=O)O. The van der Waals surface area contributed by atoms with E-state index >= 15 is 0 Å². The van der Waals surface area contributed by atoms with E-state index in [1.165, 1.54) is 16.7 Å². The topological polar surface area (TPSA) is 79.3 Å². The number of hydrogen-bond acceptors (Lipinski definition) is 3. The molecule has 29 heavy (non-hydrogen) atoms. The van der Waals surface area contributed by atoms with Crippen molar-refractivity contribution >= 4 is 17.6 Å². The van der Waals surface area contributed by atoms with Crippen LogP contribution in [0.5, 0.6) is 0 Å². The van der Waals surface area contributed by atoms with Crippen molar-refractivity contribution in [3.05, 3.63) is 71.1 Å². The number of rotatable bonds is 5. The summed E-state index contributed by atoms with van der Waals surface area (Å²) in [4.78, 5) is 29.0. The predicted octanol–water partition coefficient (Wildman–Crippen LogP) is 4.30. The fourth-order valence-electron chi connectivity index (χ4n) is 5.27. The van der Waals surface area contributed by atoms with Crippen LogP contribution in [0, 0.1) is 23.7 Å². The van der Waals surface area contributed by atoms with Crippen molar-refractivity contribution in [3.63, 3.8) is 0 Å². The summed E-state index contributed by atoms with van der Waals surface area (Å²) in [6.45, 7) is 4.06. The predicted molar refractivity (Wildman–Crippen MR) is 111 cm³/mol. The lowest BCUT2D eigenvalue weighted by Crippen LogP contribution is -2.37. The molecular weight excluding hydrogens is 364 g/mol. The summed E-state index contributed by atoms with van der Waals surface area (Å²) < 4.78 is 0. The second-order valence-electron chi connectivity index (χ2n) is 8.35. The maximum Gasteiger partial charge on any atom is 0.307 e. The van der Waals surface area contributed by atoms with E-state index in [9.17, 15) is 14.7 Å². The smallest absolute Gasteiger partial charge is 0.307 e. The number of aliphatic carboxylic acids is 1. The van der Waals surface area contributed by atoms with Crippen LogP contribution in [-0.4, -0.2) is 22.0 Å². The standard InChI is InChI=1S/C24H26N2O3/c1-14(2)20-18-7-8-19(20)22(24(28)29)21(18)23(27)26-17-5-3-15(4-6-17)13-16-9-11-25-12-10-16/h3-6,9-12,18-19,21-22H,7-8,13H2,1-2H3,(H,26,27)(H,28,29). The van der Waals surface area contributed by atoms with E-state index in [1.54, 1.807) is 12.4 Å². The molecule has 0 saturated heterocycles. The number of amides is 1. The van der Waals surface area contributed by atoms with Crippen LogP contribution < -0.4 is 5.32 Å². The average Bonchev–Trinajstić information content (AvgIpc) is 3.27. The average molecular weight is 390 g/mol. The van der Waals surface area contributed by atoms with E-state index in [0.29, 0.717) is 5.69 Å². The molecule has 2 saturated carbocycles. The van der Waals surface area contributed by atoms with Crippen molar-refractivity contribution in [2.24, 2.45) is 23.7 Å². The van der Waals surface area contributed by atoms with Gasteiger partial charge in [-0.05, 0) is 80.3 Å². The highest BCUT2D eigenvalue weighted by Crippen LogP contribution is 2.57. The third-order valence-electron chi connectivity index (χ3n) is 6.39. The van der Waals surface area contributed by atoms with E-state index in [4.69, 9.17) is 0 Å². The summed E-state index contributed by atoms with van der Waals surface area (Å²) in [7, 11) is 0. The van der Waals surface area contributed by atoms with Crippen LogP contribution in [-0.2, 0) is 16.0 Å². The van der Waals surface area contributed by atoms with Crippen LogP contribution in [0.3, 0.4) is 0 Å². The monoisotopic (exact) mass is 390 g/mol. The quantitative estimate of drug-likeness (QED) is 0.746. The highest BCUT2D eigenvalue weighted by atomic mass is 16.4. The molecule has 0 spiro atoms. The Bertz CT molecular complexity index is 946. The molecule has 4 atom stereocenters. The zero-order valence-electron chi connectivity index (χ0n) is 16.8. The van der Waals surface area contributed by atoms with Gasteiger partial charge < -0.3 is 10.4 Å². The van der Waals surface area contributed by atoms with E-state index in [1.807, 2.05) is 50.2 Å². The van der Waals surface area contributed by atoms with E-state index in [2.05, 4.69) is 10.3 Å². The van der Waals surface area contributed by atoms with Gasteiger partial charge in [0, 0.05) is 18.1 Å². The zero-order valence-corrected chi connectivity index (χ0v) is 16.8. The minimum atomic E-state index is -0.858.